The molecule has 1 aliphatic heterocycles. The number of aliphatic carboxylic acids is 1. The molecule has 0 saturated heterocycles. The lowest BCUT2D eigenvalue weighted by molar-refractivity contribution is -0.142. The summed E-state index contributed by atoms with van der Waals surface area (Å²) in [5.41, 5.74) is 0.866. The molecule has 166 valence electrons. The van der Waals surface area contributed by atoms with Gasteiger partial charge in [-0.2, -0.15) is 0 Å². The highest BCUT2D eigenvalue weighted by molar-refractivity contribution is 6.21. The van der Waals surface area contributed by atoms with Crippen molar-refractivity contribution in [3.8, 4) is 0 Å². The molecule has 0 radical (unpaired) electrons. The van der Waals surface area contributed by atoms with Gasteiger partial charge in [0.2, 0.25) is 0 Å². The molecule has 2 rings (SSSR count). The average molecular weight is 425 g/mol. The Labute approximate surface area is 174 Å². The van der Waals surface area contributed by atoms with Gasteiger partial charge in [0.1, 0.15) is 6.61 Å². The van der Waals surface area contributed by atoms with Crippen molar-refractivity contribution < 1.29 is 43.2 Å². The number of fused-ring (bicyclic) bond motifs is 1. The van der Waals surface area contributed by atoms with E-state index < -0.39 is 5.97 Å². The van der Waals surface area contributed by atoms with E-state index in [2.05, 4.69) is 0 Å². The topological polar surface area (TPSA) is 121 Å². The monoisotopic (exact) mass is 425 g/mol. The van der Waals surface area contributed by atoms with Crippen LogP contribution in [0.15, 0.2) is 24.3 Å². The molecule has 1 heterocycles. The van der Waals surface area contributed by atoms with Crippen LogP contribution in [0, 0.1) is 0 Å². The zero-order valence-electron chi connectivity index (χ0n) is 16.7. The van der Waals surface area contributed by atoms with Gasteiger partial charge in [-0.25, -0.2) is 4.79 Å². The molecular weight excluding hydrogens is 398 g/mol. The van der Waals surface area contributed by atoms with E-state index in [4.69, 9.17) is 28.8 Å². The van der Waals surface area contributed by atoms with Crippen LogP contribution in [0.2, 0.25) is 0 Å². The molecular formula is C20H27NO9. The Kier molecular flexibility index (Phi) is 11.0. The second-order valence-electron chi connectivity index (χ2n) is 6.20. The first-order chi connectivity index (χ1) is 14.6. The summed E-state index contributed by atoms with van der Waals surface area (Å²) in [6.45, 7) is 2.99. The first kappa shape index (κ1) is 23.9. The van der Waals surface area contributed by atoms with Crippen molar-refractivity contribution in [2.45, 2.75) is 0 Å². The quantitative estimate of drug-likeness (QED) is 0.280. The van der Waals surface area contributed by atoms with Crippen LogP contribution < -0.4 is 0 Å². The van der Waals surface area contributed by atoms with Gasteiger partial charge >= 0.3 is 5.97 Å². The number of carbonyl (C=O) groups excluding carboxylic acids is 2. The van der Waals surface area contributed by atoms with Crippen LogP contribution in [0.5, 0.6) is 0 Å². The molecule has 0 aliphatic carbocycles. The molecule has 0 bridgehead atoms. The second kappa shape index (κ2) is 13.8. The van der Waals surface area contributed by atoms with Gasteiger partial charge in [0.25, 0.3) is 11.8 Å². The molecule has 1 aromatic carbocycles. The number of amides is 2. The highest BCUT2D eigenvalue weighted by atomic mass is 16.6. The molecule has 0 unspecified atom stereocenters. The summed E-state index contributed by atoms with van der Waals surface area (Å²) in [7, 11) is 0. The Bertz CT molecular complexity index is 660. The number of carboxylic acids is 1. The van der Waals surface area contributed by atoms with Crippen LogP contribution >= 0.6 is 0 Å². The molecule has 0 spiro atoms. The van der Waals surface area contributed by atoms with Gasteiger partial charge in [-0.3, -0.25) is 14.5 Å². The Morgan fingerprint density at radius 2 is 1.10 bits per heavy atom. The van der Waals surface area contributed by atoms with E-state index in [0.717, 1.165) is 0 Å². The third-order valence-corrected chi connectivity index (χ3v) is 4.05. The zero-order chi connectivity index (χ0) is 21.6. The molecule has 1 N–H and O–H groups in total. The van der Waals surface area contributed by atoms with Crippen molar-refractivity contribution in [2.75, 3.05) is 72.6 Å². The largest absolute Gasteiger partial charge is 0.480 e. The number of carbonyl (C=O) groups is 3. The summed E-state index contributed by atoms with van der Waals surface area (Å²) in [6, 6.07) is 6.77. The minimum absolute atomic E-state index is 0.205. The van der Waals surface area contributed by atoms with Gasteiger partial charge in [-0.05, 0) is 12.1 Å². The molecule has 1 aromatic rings. The summed E-state index contributed by atoms with van der Waals surface area (Å²) < 4.78 is 26.1. The van der Waals surface area contributed by atoms with Crippen molar-refractivity contribution >= 4 is 17.8 Å². The van der Waals surface area contributed by atoms with Gasteiger partial charge in [0.05, 0.1) is 77.1 Å². The minimum atomic E-state index is -1.01. The normalized spacial score (nSPS) is 13.1. The van der Waals surface area contributed by atoms with E-state index in [1.54, 1.807) is 24.3 Å². The predicted molar refractivity (Wildman–Crippen MR) is 104 cm³/mol. The third kappa shape index (κ3) is 8.17. The van der Waals surface area contributed by atoms with E-state index in [0.29, 0.717) is 57.4 Å². The summed E-state index contributed by atoms with van der Waals surface area (Å²) in [6.07, 6.45) is 0. The maximum absolute atomic E-state index is 12.2. The molecule has 10 heteroatoms. The van der Waals surface area contributed by atoms with Gasteiger partial charge in [-0.1, -0.05) is 12.1 Å². The Hall–Kier alpha value is -2.37. The van der Waals surface area contributed by atoms with Gasteiger partial charge in [-0.15, -0.1) is 0 Å². The number of nitrogens with zero attached hydrogens (tertiary/aromatic N) is 1. The predicted octanol–water partition coefficient (Wildman–Crippen LogP) is 0.450. The zero-order valence-corrected chi connectivity index (χ0v) is 16.7. The fraction of sp³-hybridized carbons (Fsp3) is 0.550. The molecule has 2 amide bonds. The lowest BCUT2D eigenvalue weighted by Gasteiger charge is -2.13. The van der Waals surface area contributed by atoms with Crippen molar-refractivity contribution in [1.29, 1.82) is 0 Å². The number of imide groups is 1. The number of hydrogen-bond acceptors (Lipinski definition) is 8. The lowest BCUT2D eigenvalue weighted by Crippen LogP contribution is -2.33. The highest BCUT2D eigenvalue weighted by Gasteiger charge is 2.34. The maximum atomic E-state index is 12.2. The van der Waals surface area contributed by atoms with E-state index in [1.165, 1.54) is 4.90 Å². The average Bonchev–Trinajstić information content (AvgIpc) is 2.98. The van der Waals surface area contributed by atoms with E-state index in [-0.39, 0.29) is 38.2 Å². The Balaban J connectivity index is 1.36. The van der Waals surface area contributed by atoms with Gasteiger partial charge in [0, 0.05) is 0 Å². The molecule has 1 aliphatic rings. The lowest BCUT2D eigenvalue weighted by atomic mass is 10.1. The SMILES string of the molecule is O=C(O)COCCOCCOCCOCCOCCN1C(=O)c2ccccc2C1=O. The molecule has 0 fully saturated rings. The van der Waals surface area contributed by atoms with Gasteiger partial charge in [0.15, 0.2) is 0 Å². The maximum Gasteiger partial charge on any atom is 0.329 e. The smallest absolute Gasteiger partial charge is 0.329 e. The highest BCUT2D eigenvalue weighted by Crippen LogP contribution is 2.21. The summed E-state index contributed by atoms with van der Waals surface area (Å²) in [4.78, 5) is 35.8. The van der Waals surface area contributed by atoms with Crippen LogP contribution in [0.3, 0.4) is 0 Å². The summed E-state index contributed by atoms with van der Waals surface area (Å²) >= 11 is 0. The van der Waals surface area contributed by atoms with Crippen LogP contribution in [-0.2, 0) is 28.5 Å². The van der Waals surface area contributed by atoms with E-state index in [1.807, 2.05) is 0 Å². The van der Waals surface area contributed by atoms with E-state index in [9.17, 15) is 14.4 Å². The van der Waals surface area contributed by atoms with Crippen LogP contribution in [0.4, 0.5) is 0 Å². The minimum Gasteiger partial charge on any atom is -0.480 e. The summed E-state index contributed by atoms with van der Waals surface area (Å²) in [5, 5.41) is 8.38. The van der Waals surface area contributed by atoms with Gasteiger partial charge < -0.3 is 28.8 Å². The molecule has 10 nitrogen and oxygen atoms in total. The number of carboxylic acid groups (broad SMARTS) is 1. The molecule has 0 aromatic heterocycles. The third-order valence-electron chi connectivity index (χ3n) is 4.05. The van der Waals surface area contributed by atoms with Crippen LogP contribution in [0.1, 0.15) is 20.7 Å². The van der Waals surface area contributed by atoms with Crippen LogP contribution in [0.25, 0.3) is 0 Å². The van der Waals surface area contributed by atoms with Crippen molar-refractivity contribution in [1.82, 2.24) is 4.90 Å². The second-order valence-corrected chi connectivity index (χ2v) is 6.20. The molecule has 0 atom stereocenters. The van der Waals surface area contributed by atoms with Crippen molar-refractivity contribution in [3.63, 3.8) is 0 Å². The number of ether oxygens (including phenoxy) is 5. The fourth-order valence-electron chi connectivity index (χ4n) is 2.64. The van der Waals surface area contributed by atoms with Crippen molar-refractivity contribution in [3.05, 3.63) is 35.4 Å². The molecule has 0 saturated carbocycles. The van der Waals surface area contributed by atoms with Crippen molar-refractivity contribution in [2.24, 2.45) is 0 Å². The first-order valence-corrected chi connectivity index (χ1v) is 9.67. The Morgan fingerprint density at radius 1 is 0.700 bits per heavy atom. The summed E-state index contributed by atoms with van der Waals surface area (Å²) in [5.74, 6) is -1.58. The number of rotatable bonds is 17. The standard InChI is InChI=1S/C20H27NO9/c22-18(23)15-30-14-13-29-12-11-28-10-9-27-8-7-26-6-5-21-19(24)16-3-1-2-4-17(16)20(21)25/h1-4H,5-15H2,(H,22,23). The fourth-order valence-corrected chi connectivity index (χ4v) is 2.64. The number of hydrogen-bond donors (Lipinski definition) is 1. The van der Waals surface area contributed by atoms with E-state index >= 15 is 0 Å². The Morgan fingerprint density at radius 3 is 1.53 bits per heavy atom. The molecule has 30 heavy (non-hydrogen) atoms. The first-order valence-electron chi connectivity index (χ1n) is 9.67. The number of benzene rings is 1. The van der Waals surface area contributed by atoms with Crippen LogP contribution in [-0.4, -0.2) is 100 Å².